The summed E-state index contributed by atoms with van der Waals surface area (Å²) in [4.78, 5) is 9.44. The van der Waals surface area contributed by atoms with E-state index in [1.165, 1.54) is 12.8 Å². The summed E-state index contributed by atoms with van der Waals surface area (Å²) in [5, 5.41) is 0. The van der Waals surface area contributed by atoms with Gasteiger partial charge in [-0.3, -0.25) is 9.42 Å². The Bertz CT molecular complexity index is 379. The van der Waals surface area contributed by atoms with Crippen molar-refractivity contribution in [3.63, 3.8) is 0 Å². The maximum Gasteiger partial charge on any atom is 0.527 e. The highest BCUT2D eigenvalue weighted by Crippen LogP contribution is 2.43. The molecule has 0 bridgehead atoms. The molecule has 0 amide bonds. The van der Waals surface area contributed by atoms with Crippen LogP contribution in [0.4, 0.5) is 0 Å². The standard InChI is InChI=1S/C12H19O4P.C4H10/c1-2-3-4-8-11-15-17(13,14)16-12-9-6-5-7-10-12;1-3-4-2/h5-7,9-10H,2-4,8,11H2,1H3,(H,13,14);3-4H2,1-2H3. The molecule has 1 aromatic rings. The van der Waals surface area contributed by atoms with Gasteiger partial charge in [0.05, 0.1) is 6.61 Å². The second kappa shape index (κ2) is 12.9. The molecule has 122 valence electrons. The molecule has 0 saturated heterocycles. The molecule has 0 fully saturated rings. The Labute approximate surface area is 129 Å². The van der Waals surface area contributed by atoms with Gasteiger partial charge in [0, 0.05) is 0 Å². The molecule has 1 rings (SSSR count). The van der Waals surface area contributed by atoms with Crippen LogP contribution in [0.5, 0.6) is 5.75 Å². The van der Waals surface area contributed by atoms with Gasteiger partial charge in [0.2, 0.25) is 0 Å². The Morgan fingerprint density at radius 3 is 2.10 bits per heavy atom. The largest absolute Gasteiger partial charge is 0.527 e. The van der Waals surface area contributed by atoms with E-state index in [2.05, 4.69) is 20.8 Å². The van der Waals surface area contributed by atoms with Gasteiger partial charge in [0.1, 0.15) is 5.75 Å². The maximum atomic E-state index is 11.5. The van der Waals surface area contributed by atoms with Crippen molar-refractivity contribution in [2.45, 2.75) is 59.3 Å². The third-order valence-electron chi connectivity index (χ3n) is 2.72. The van der Waals surface area contributed by atoms with Crippen molar-refractivity contribution in [1.29, 1.82) is 0 Å². The number of hydrogen-bond donors (Lipinski definition) is 1. The Morgan fingerprint density at radius 2 is 1.57 bits per heavy atom. The van der Waals surface area contributed by atoms with Crippen molar-refractivity contribution in [3.8, 4) is 5.75 Å². The van der Waals surface area contributed by atoms with Gasteiger partial charge in [-0.05, 0) is 18.6 Å². The van der Waals surface area contributed by atoms with Crippen LogP contribution in [0.2, 0.25) is 0 Å². The molecule has 0 heterocycles. The summed E-state index contributed by atoms with van der Waals surface area (Å²) in [7, 11) is -3.96. The molecule has 0 aromatic heterocycles. The fourth-order valence-electron chi connectivity index (χ4n) is 1.35. The van der Waals surface area contributed by atoms with Crippen LogP contribution < -0.4 is 4.52 Å². The van der Waals surface area contributed by atoms with Gasteiger partial charge in [-0.15, -0.1) is 0 Å². The lowest BCUT2D eigenvalue weighted by atomic mass is 10.2. The number of para-hydroxylation sites is 1. The lowest BCUT2D eigenvalue weighted by Gasteiger charge is -2.12. The smallest absolute Gasteiger partial charge is 0.404 e. The number of phosphoric ester groups is 1. The first-order chi connectivity index (χ1) is 10.1. The zero-order chi connectivity index (χ0) is 16.0. The van der Waals surface area contributed by atoms with Crippen LogP contribution in [0.15, 0.2) is 30.3 Å². The summed E-state index contributed by atoms with van der Waals surface area (Å²) in [6.45, 7) is 6.72. The van der Waals surface area contributed by atoms with Gasteiger partial charge in [-0.2, -0.15) is 0 Å². The van der Waals surface area contributed by atoms with Crippen LogP contribution in [0.1, 0.15) is 59.3 Å². The van der Waals surface area contributed by atoms with Gasteiger partial charge in [0.15, 0.2) is 0 Å². The Balaban J connectivity index is 0.000000885. The van der Waals surface area contributed by atoms with Crippen LogP contribution in [-0.4, -0.2) is 11.5 Å². The molecular weight excluding hydrogens is 287 g/mol. The fraction of sp³-hybridized carbons (Fsp3) is 0.625. The molecule has 0 aliphatic heterocycles. The Hall–Kier alpha value is -0.830. The molecular formula is C16H29O4P. The van der Waals surface area contributed by atoms with E-state index in [0.717, 1.165) is 25.7 Å². The number of unbranched alkanes of at least 4 members (excludes halogenated alkanes) is 4. The third-order valence-corrected chi connectivity index (χ3v) is 3.67. The van der Waals surface area contributed by atoms with Gasteiger partial charge in [-0.1, -0.05) is 71.1 Å². The molecule has 0 aliphatic carbocycles. The molecule has 1 unspecified atom stereocenters. The summed E-state index contributed by atoms with van der Waals surface area (Å²) < 4.78 is 21.3. The predicted molar refractivity (Wildman–Crippen MR) is 87.6 cm³/mol. The van der Waals surface area contributed by atoms with Crippen molar-refractivity contribution < 1.29 is 18.5 Å². The maximum absolute atomic E-state index is 11.5. The summed E-state index contributed by atoms with van der Waals surface area (Å²) in [5.74, 6) is 0.340. The Morgan fingerprint density at radius 1 is 0.952 bits per heavy atom. The van der Waals surface area contributed by atoms with Crippen molar-refractivity contribution in [2.24, 2.45) is 0 Å². The number of rotatable bonds is 9. The highest BCUT2D eigenvalue weighted by atomic mass is 31.2. The predicted octanol–water partition coefficient (Wildman–Crippen LogP) is 5.57. The summed E-state index contributed by atoms with van der Waals surface area (Å²) in [6.07, 6.45) is 6.65. The van der Waals surface area contributed by atoms with E-state index in [9.17, 15) is 9.46 Å². The van der Waals surface area contributed by atoms with E-state index in [4.69, 9.17) is 9.05 Å². The van der Waals surface area contributed by atoms with Crippen molar-refractivity contribution in [2.75, 3.05) is 6.61 Å². The molecule has 21 heavy (non-hydrogen) atoms. The van der Waals surface area contributed by atoms with Crippen LogP contribution in [0.25, 0.3) is 0 Å². The number of phosphoric acid groups is 1. The van der Waals surface area contributed by atoms with Crippen molar-refractivity contribution in [1.82, 2.24) is 0 Å². The number of hydrogen-bond acceptors (Lipinski definition) is 3. The van der Waals surface area contributed by atoms with Crippen LogP contribution in [0, 0.1) is 0 Å². The third kappa shape index (κ3) is 12.6. The van der Waals surface area contributed by atoms with Crippen LogP contribution in [-0.2, 0) is 9.09 Å². The summed E-state index contributed by atoms with van der Waals surface area (Å²) >= 11 is 0. The van der Waals surface area contributed by atoms with Crippen molar-refractivity contribution in [3.05, 3.63) is 30.3 Å². The van der Waals surface area contributed by atoms with Crippen LogP contribution >= 0.6 is 7.82 Å². The minimum Gasteiger partial charge on any atom is -0.404 e. The zero-order valence-electron chi connectivity index (χ0n) is 13.5. The molecule has 0 radical (unpaired) electrons. The Kier molecular flexibility index (Phi) is 12.4. The minimum atomic E-state index is -3.96. The van der Waals surface area contributed by atoms with Gasteiger partial charge in [-0.25, -0.2) is 4.57 Å². The quantitative estimate of drug-likeness (QED) is 0.478. The molecule has 0 aliphatic rings. The van der Waals surface area contributed by atoms with Crippen molar-refractivity contribution >= 4 is 7.82 Å². The lowest BCUT2D eigenvalue weighted by molar-refractivity contribution is 0.199. The molecule has 4 nitrogen and oxygen atoms in total. The first-order valence-electron chi connectivity index (χ1n) is 7.77. The van der Waals surface area contributed by atoms with Crippen LogP contribution in [0.3, 0.4) is 0 Å². The molecule has 1 aromatic carbocycles. The van der Waals surface area contributed by atoms with E-state index < -0.39 is 7.82 Å². The first kappa shape index (κ1) is 20.2. The van der Waals surface area contributed by atoms with Gasteiger partial charge in [0.25, 0.3) is 0 Å². The second-order valence-electron chi connectivity index (χ2n) is 4.77. The van der Waals surface area contributed by atoms with Gasteiger partial charge < -0.3 is 4.52 Å². The topological polar surface area (TPSA) is 55.8 Å². The molecule has 0 spiro atoms. The summed E-state index contributed by atoms with van der Waals surface area (Å²) in [6, 6.07) is 8.50. The number of benzene rings is 1. The monoisotopic (exact) mass is 316 g/mol. The van der Waals surface area contributed by atoms with E-state index in [-0.39, 0.29) is 6.61 Å². The van der Waals surface area contributed by atoms with E-state index >= 15 is 0 Å². The zero-order valence-corrected chi connectivity index (χ0v) is 14.4. The SMILES string of the molecule is CCCC.CCCCCCOP(=O)(O)Oc1ccccc1. The minimum absolute atomic E-state index is 0.251. The molecule has 0 saturated carbocycles. The van der Waals surface area contributed by atoms with Gasteiger partial charge >= 0.3 is 7.82 Å². The molecule has 1 atom stereocenters. The van der Waals surface area contributed by atoms with E-state index in [1.807, 2.05) is 0 Å². The normalized spacial score (nSPS) is 13.0. The fourth-order valence-corrected chi connectivity index (χ4v) is 2.15. The summed E-state index contributed by atoms with van der Waals surface area (Å²) in [5.41, 5.74) is 0. The second-order valence-corrected chi connectivity index (χ2v) is 6.14. The highest BCUT2D eigenvalue weighted by molar-refractivity contribution is 7.47. The highest BCUT2D eigenvalue weighted by Gasteiger charge is 2.22. The molecule has 5 heteroatoms. The lowest BCUT2D eigenvalue weighted by Crippen LogP contribution is -1.99. The average molecular weight is 316 g/mol. The van der Waals surface area contributed by atoms with E-state index in [0.29, 0.717) is 5.75 Å². The first-order valence-corrected chi connectivity index (χ1v) is 9.27. The average Bonchev–Trinajstić information content (AvgIpc) is 2.48. The molecule has 1 N–H and O–H groups in total. The van der Waals surface area contributed by atoms with E-state index in [1.54, 1.807) is 30.3 Å².